The highest BCUT2D eigenvalue weighted by atomic mass is 16.6. The van der Waals surface area contributed by atoms with E-state index in [0.717, 1.165) is 24.2 Å². The van der Waals surface area contributed by atoms with E-state index in [9.17, 15) is 4.79 Å². The van der Waals surface area contributed by atoms with Gasteiger partial charge in [-0.25, -0.2) is 4.79 Å². The SMILES string of the molecule is Cc1noc(-c2ccc(N3CCCCC3)cc2)c1NC(=O)OC(C)c1ccccc1. The zero-order valence-corrected chi connectivity index (χ0v) is 17.4. The van der Waals surface area contributed by atoms with Gasteiger partial charge in [0.15, 0.2) is 5.76 Å². The third-order valence-corrected chi connectivity index (χ3v) is 5.49. The number of ether oxygens (including phenoxy) is 1. The molecule has 2 aromatic carbocycles. The van der Waals surface area contributed by atoms with Crippen molar-refractivity contribution in [1.82, 2.24) is 5.16 Å². The van der Waals surface area contributed by atoms with Crippen LogP contribution in [-0.4, -0.2) is 24.3 Å². The summed E-state index contributed by atoms with van der Waals surface area (Å²) in [5.41, 5.74) is 4.15. The van der Waals surface area contributed by atoms with Gasteiger partial charge < -0.3 is 14.2 Å². The maximum absolute atomic E-state index is 12.5. The Morgan fingerprint density at radius 1 is 1.07 bits per heavy atom. The summed E-state index contributed by atoms with van der Waals surface area (Å²) >= 11 is 0. The van der Waals surface area contributed by atoms with Crippen molar-refractivity contribution < 1.29 is 14.1 Å². The van der Waals surface area contributed by atoms with Crippen LogP contribution in [0.4, 0.5) is 16.2 Å². The minimum Gasteiger partial charge on any atom is -0.441 e. The van der Waals surface area contributed by atoms with Crippen LogP contribution in [0.25, 0.3) is 11.3 Å². The van der Waals surface area contributed by atoms with Crippen LogP contribution in [0.2, 0.25) is 0 Å². The average Bonchev–Trinajstić information content (AvgIpc) is 3.15. The predicted molar refractivity (Wildman–Crippen MR) is 118 cm³/mol. The molecule has 1 aliphatic heterocycles. The van der Waals surface area contributed by atoms with Crippen molar-refractivity contribution in [2.75, 3.05) is 23.3 Å². The Bertz CT molecular complexity index is 977. The highest BCUT2D eigenvalue weighted by Gasteiger charge is 2.20. The maximum Gasteiger partial charge on any atom is 0.412 e. The van der Waals surface area contributed by atoms with Crippen molar-refractivity contribution in [3.05, 3.63) is 65.9 Å². The van der Waals surface area contributed by atoms with Crippen molar-refractivity contribution in [3.63, 3.8) is 0 Å². The number of nitrogens with zero attached hydrogens (tertiary/aromatic N) is 2. The molecule has 0 aliphatic carbocycles. The Hall–Kier alpha value is -3.28. The van der Waals surface area contributed by atoms with Gasteiger partial charge in [-0.1, -0.05) is 35.5 Å². The number of carbonyl (C=O) groups is 1. The zero-order valence-electron chi connectivity index (χ0n) is 17.4. The van der Waals surface area contributed by atoms with Crippen LogP contribution < -0.4 is 10.2 Å². The molecule has 0 bridgehead atoms. The number of hydrogen-bond donors (Lipinski definition) is 1. The standard InChI is InChI=1S/C24H27N3O3/c1-17-22(25-24(28)29-18(2)19-9-5-3-6-10-19)23(30-26-17)20-11-13-21(14-12-20)27-15-7-4-8-16-27/h3,5-6,9-14,18H,4,7-8,15-16H2,1-2H3,(H,25,28). The number of nitrogens with one attached hydrogen (secondary N) is 1. The average molecular weight is 405 g/mol. The summed E-state index contributed by atoms with van der Waals surface area (Å²) in [4.78, 5) is 14.9. The smallest absolute Gasteiger partial charge is 0.412 e. The first-order valence-corrected chi connectivity index (χ1v) is 10.5. The molecular formula is C24H27N3O3. The molecule has 0 radical (unpaired) electrons. The molecule has 2 heterocycles. The molecule has 3 aromatic rings. The van der Waals surface area contributed by atoms with E-state index in [0.29, 0.717) is 17.1 Å². The molecule has 1 amide bonds. The minimum atomic E-state index is -0.538. The second kappa shape index (κ2) is 9.03. The lowest BCUT2D eigenvalue weighted by molar-refractivity contribution is 0.121. The Labute approximate surface area is 176 Å². The van der Waals surface area contributed by atoms with E-state index >= 15 is 0 Å². The molecule has 6 nitrogen and oxygen atoms in total. The van der Waals surface area contributed by atoms with Crippen LogP contribution in [0.1, 0.15) is 43.5 Å². The van der Waals surface area contributed by atoms with Crippen molar-refractivity contribution >= 4 is 17.5 Å². The number of aromatic nitrogens is 1. The van der Waals surface area contributed by atoms with E-state index in [4.69, 9.17) is 9.26 Å². The molecule has 1 fully saturated rings. The highest BCUT2D eigenvalue weighted by molar-refractivity contribution is 5.91. The number of rotatable bonds is 5. The quantitative estimate of drug-likeness (QED) is 0.568. The number of carbonyl (C=O) groups excluding carboxylic acids is 1. The molecule has 156 valence electrons. The van der Waals surface area contributed by atoms with E-state index in [-0.39, 0.29) is 6.10 Å². The second-order valence-corrected chi connectivity index (χ2v) is 7.65. The zero-order chi connectivity index (χ0) is 20.9. The summed E-state index contributed by atoms with van der Waals surface area (Å²) in [5, 5.41) is 6.85. The molecule has 1 saturated heterocycles. The summed E-state index contributed by atoms with van der Waals surface area (Å²) < 4.78 is 11.1. The lowest BCUT2D eigenvalue weighted by Gasteiger charge is -2.28. The maximum atomic E-state index is 12.5. The molecule has 1 N–H and O–H groups in total. The molecule has 0 saturated carbocycles. The monoisotopic (exact) mass is 405 g/mol. The normalized spacial score (nSPS) is 14.9. The van der Waals surface area contributed by atoms with E-state index in [1.807, 2.05) is 49.4 Å². The fourth-order valence-electron chi connectivity index (χ4n) is 3.77. The van der Waals surface area contributed by atoms with Gasteiger partial charge in [0, 0.05) is 24.3 Å². The van der Waals surface area contributed by atoms with Gasteiger partial charge in [-0.15, -0.1) is 0 Å². The Morgan fingerprint density at radius 2 is 1.77 bits per heavy atom. The molecule has 4 rings (SSSR count). The van der Waals surface area contributed by atoms with Gasteiger partial charge in [-0.05, 0) is 62.9 Å². The number of benzene rings is 2. The molecule has 0 spiro atoms. The molecule has 1 aromatic heterocycles. The molecule has 6 heteroatoms. The van der Waals surface area contributed by atoms with Crippen molar-refractivity contribution in [1.29, 1.82) is 0 Å². The Kier molecular flexibility index (Phi) is 6.02. The van der Waals surface area contributed by atoms with E-state index in [2.05, 4.69) is 27.5 Å². The summed E-state index contributed by atoms with van der Waals surface area (Å²) in [6, 6.07) is 17.8. The number of hydrogen-bond acceptors (Lipinski definition) is 5. The molecule has 1 aliphatic rings. The summed E-state index contributed by atoms with van der Waals surface area (Å²) in [6.45, 7) is 5.83. The van der Waals surface area contributed by atoms with Gasteiger partial charge in [0.2, 0.25) is 0 Å². The number of aryl methyl sites for hydroxylation is 1. The van der Waals surface area contributed by atoms with Gasteiger partial charge in [0.05, 0.1) is 0 Å². The lowest BCUT2D eigenvalue weighted by atomic mass is 10.1. The molecule has 1 unspecified atom stereocenters. The largest absolute Gasteiger partial charge is 0.441 e. The predicted octanol–water partition coefficient (Wildman–Crippen LogP) is 5.95. The van der Waals surface area contributed by atoms with E-state index < -0.39 is 6.09 Å². The van der Waals surface area contributed by atoms with Gasteiger partial charge in [-0.3, -0.25) is 5.32 Å². The van der Waals surface area contributed by atoms with Crippen LogP contribution >= 0.6 is 0 Å². The van der Waals surface area contributed by atoms with Gasteiger partial charge in [-0.2, -0.15) is 0 Å². The van der Waals surface area contributed by atoms with Crippen LogP contribution in [0.15, 0.2) is 59.1 Å². The first kappa shape index (κ1) is 20.0. The van der Waals surface area contributed by atoms with E-state index in [1.54, 1.807) is 6.92 Å². The summed E-state index contributed by atoms with van der Waals surface area (Å²) in [5.74, 6) is 0.530. The van der Waals surface area contributed by atoms with Crippen LogP contribution in [0, 0.1) is 6.92 Å². The molecule has 30 heavy (non-hydrogen) atoms. The van der Waals surface area contributed by atoms with Crippen LogP contribution in [0.5, 0.6) is 0 Å². The highest BCUT2D eigenvalue weighted by Crippen LogP contribution is 2.33. The Balaban J connectivity index is 1.47. The van der Waals surface area contributed by atoms with Crippen LogP contribution in [0.3, 0.4) is 0 Å². The van der Waals surface area contributed by atoms with Gasteiger partial charge in [0.25, 0.3) is 0 Å². The third kappa shape index (κ3) is 4.48. The topological polar surface area (TPSA) is 67.6 Å². The summed E-state index contributed by atoms with van der Waals surface area (Å²) in [6.07, 6.45) is 2.88. The first-order chi connectivity index (χ1) is 14.6. The van der Waals surface area contributed by atoms with Gasteiger partial charge in [0.1, 0.15) is 17.5 Å². The lowest BCUT2D eigenvalue weighted by Crippen LogP contribution is -2.29. The van der Waals surface area contributed by atoms with Crippen molar-refractivity contribution in [2.45, 2.75) is 39.2 Å². The fraction of sp³-hybridized carbons (Fsp3) is 0.333. The van der Waals surface area contributed by atoms with Gasteiger partial charge >= 0.3 is 6.09 Å². The number of anilines is 2. The van der Waals surface area contributed by atoms with Crippen molar-refractivity contribution in [2.24, 2.45) is 0 Å². The number of amides is 1. The number of piperidine rings is 1. The first-order valence-electron chi connectivity index (χ1n) is 10.5. The minimum absolute atomic E-state index is 0.362. The third-order valence-electron chi connectivity index (χ3n) is 5.49. The van der Waals surface area contributed by atoms with Crippen LogP contribution in [-0.2, 0) is 4.74 Å². The molecule has 1 atom stereocenters. The van der Waals surface area contributed by atoms with Crippen molar-refractivity contribution in [3.8, 4) is 11.3 Å². The second-order valence-electron chi connectivity index (χ2n) is 7.65. The van der Waals surface area contributed by atoms with E-state index in [1.165, 1.54) is 24.9 Å². The molecular weight excluding hydrogens is 378 g/mol. The Morgan fingerprint density at radius 3 is 2.47 bits per heavy atom. The summed E-state index contributed by atoms with van der Waals surface area (Å²) in [7, 11) is 0. The fourth-order valence-corrected chi connectivity index (χ4v) is 3.77.